The molecule has 3 N–H and O–H groups in total. The van der Waals surface area contributed by atoms with Crippen molar-refractivity contribution in [1.82, 2.24) is 4.98 Å². The minimum Gasteiger partial charge on any atom is -0.398 e. The van der Waals surface area contributed by atoms with Crippen LogP contribution in [0, 0.1) is 12.3 Å². The highest BCUT2D eigenvalue weighted by molar-refractivity contribution is 5.53. The number of nitrogens with zero attached hydrogens (tertiary/aromatic N) is 1. The number of hydrogen-bond acceptors (Lipinski definition) is 3. The van der Waals surface area contributed by atoms with Gasteiger partial charge >= 0.3 is 0 Å². The quantitative estimate of drug-likeness (QED) is 0.823. The number of aromatic nitrogens is 1. The molecule has 1 fully saturated rings. The monoisotopic (exact) mass is 233 g/mol. The number of pyridine rings is 1. The summed E-state index contributed by atoms with van der Waals surface area (Å²) in [4.78, 5) is 4.38. The molecule has 94 valence electrons. The van der Waals surface area contributed by atoms with Crippen LogP contribution in [0.3, 0.4) is 0 Å². The van der Waals surface area contributed by atoms with Gasteiger partial charge in [0.25, 0.3) is 0 Å². The van der Waals surface area contributed by atoms with Gasteiger partial charge in [-0.15, -0.1) is 0 Å². The van der Waals surface area contributed by atoms with E-state index in [2.05, 4.69) is 24.1 Å². The van der Waals surface area contributed by atoms with Crippen LogP contribution in [0.5, 0.6) is 0 Å². The highest BCUT2D eigenvalue weighted by Gasteiger charge is 2.26. The fourth-order valence-electron chi connectivity index (χ4n) is 2.37. The van der Waals surface area contributed by atoms with E-state index in [1.165, 1.54) is 25.7 Å². The van der Waals surface area contributed by atoms with Gasteiger partial charge in [0.2, 0.25) is 0 Å². The van der Waals surface area contributed by atoms with Crippen LogP contribution < -0.4 is 11.1 Å². The molecule has 0 radical (unpaired) electrons. The SMILES string of the molecule is Cc1cnc(NC2CCC(C)(C)CC2)cc1N. The number of aryl methyl sites for hydroxylation is 1. The van der Waals surface area contributed by atoms with Gasteiger partial charge in [-0.05, 0) is 43.6 Å². The van der Waals surface area contributed by atoms with E-state index in [4.69, 9.17) is 5.73 Å². The summed E-state index contributed by atoms with van der Waals surface area (Å²) in [5.41, 5.74) is 8.26. The van der Waals surface area contributed by atoms with Gasteiger partial charge in [0.15, 0.2) is 0 Å². The topological polar surface area (TPSA) is 50.9 Å². The smallest absolute Gasteiger partial charge is 0.128 e. The number of anilines is 2. The lowest BCUT2D eigenvalue weighted by Gasteiger charge is -2.34. The zero-order chi connectivity index (χ0) is 12.5. The lowest BCUT2D eigenvalue weighted by atomic mass is 9.75. The van der Waals surface area contributed by atoms with Crippen LogP contribution in [0.2, 0.25) is 0 Å². The third-order valence-electron chi connectivity index (χ3n) is 3.84. The van der Waals surface area contributed by atoms with E-state index >= 15 is 0 Å². The summed E-state index contributed by atoms with van der Waals surface area (Å²) in [5.74, 6) is 0.915. The average Bonchev–Trinajstić information content (AvgIpc) is 2.27. The van der Waals surface area contributed by atoms with E-state index in [0.717, 1.165) is 17.1 Å². The van der Waals surface area contributed by atoms with Gasteiger partial charge in [-0.1, -0.05) is 13.8 Å². The number of nitrogens with one attached hydrogen (secondary N) is 1. The highest BCUT2D eigenvalue weighted by Crippen LogP contribution is 2.36. The first-order chi connectivity index (χ1) is 7.96. The molecule has 0 unspecified atom stereocenters. The lowest BCUT2D eigenvalue weighted by molar-refractivity contribution is 0.232. The van der Waals surface area contributed by atoms with Crippen LogP contribution in [0.15, 0.2) is 12.3 Å². The summed E-state index contributed by atoms with van der Waals surface area (Å²) in [7, 11) is 0. The van der Waals surface area contributed by atoms with Crippen LogP contribution in [0.1, 0.15) is 45.1 Å². The Morgan fingerprint density at radius 2 is 2.00 bits per heavy atom. The van der Waals surface area contributed by atoms with Gasteiger partial charge in [0.05, 0.1) is 0 Å². The van der Waals surface area contributed by atoms with Crippen LogP contribution >= 0.6 is 0 Å². The van der Waals surface area contributed by atoms with Crippen LogP contribution in [-0.4, -0.2) is 11.0 Å². The van der Waals surface area contributed by atoms with Gasteiger partial charge < -0.3 is 11.1 Å². The molecule has 0 bridgehead atoms. The number of hydrogen-bond donors (Lipinski definition) is 2. The maximum atomic E-state index is 5.89. The normalized spacial score (nSPS) is 20.2. The molecule has 2 rings (SSSR count). The standard InChI is InChI=1S/C14H23N3/c1-10-9-16-13(8-12(10)15)17-11-4-6-14(2,3)7-5-11/h8-9,11H,4-7H2,1-3H3,(H3,15,16,17). The van der Waals surface area contributed by atoms with Crippen molar-refractivity contribution in [3.8, 4) is 0 Å². The second-order valence-electron chi connectivity index (χ2n) is 6.01. The molecule has 1 heterocycles. The Labute approximate surface area is 104 Å². The van der Waals surface area contributed by atoms with Crippen molar-refractivity contribution in [2.24, 2.45) is 5.41 Å². The Balaban J connectivity index is 1.95. The molecule has 1 aliphatic rings. The lowest BCUT2D eigenvalue weighted by Crippen LogP contribution is -2.30. The predicted octanol–water partition coefficient (Wildman–Crippen LogP) is 3.35. The average molecular weight is 233 g/mol. The zero-order valence-electron chi connectivity index (χ0n) is 11.1. The summed E-state index contributed by atoms with van der Waals surface area (Å²) < 4.78 is 0. The van der Waals surface area contributed by atoms with Gasteiger partial charge in [0, 0.05) is 24.0 Å². The van der Waals surface area contributed by atoms with Crippen molar-refractivity contribution in [2.75, 3.05) is 11.1 Å². The van der Waals surface area contributed by atoms with Crippen molar-refractivity contribution in [3.05, 3.63) is 17.8 Å². The molecular formula is C14H23N3. The van der Waals surface area contributed by atoms with Crippen LogP contribution in [-0.2, 0) is 0 Å². The molecule has 1 aromatic heterocycles. The Morgan fingerprint density at radius 3 is 2.59 bits per heavy atom. The first kappa shape index (κ1) is 12.2. The minimum atomic E-state index is 0.512. The summed E-state index contributed by atoms with van der Waals surface area (Å²) in [6, 6.07) is 2.49. The molecule has 0 amide bonds. The van der Waals surface area contributed by atoms with Crippen LogP contribution in [0.4, 0.5) is 11.5 Å². The number of rotatable bonds is 2. The summed E-state index contributed by atoms with van der Waals surface area (Å²) in [5, 5.41) is 3.50. The Hall–Kier alpha value is -1.25. The second kappa shape index (κ2) is 4.55. The van der Waals surface area contributed by atoms with Gasteiger partial charge in [0.1, 0.15) is 5.82 Å². The molecule has 0 saturated heterocycles. The van der Waals surface area contributed by atoms with Crippen molar-refractivity contribution in [3.63, 3.8) is 0 Å². The zero-order valence-corrected chi connectivity index (χ0v) is 11.1. The second-order valence-corrected chi connectivity index (χ2v) is 6.01. The van der Waals surface area contributed by atoms with Crippen LogP contribution in [0.25, 0.3) is 0 Å². The molecular weight excluding hydrogens is 210 g/mol. The Bertz CT molecular complexity index is 388. The van der Waals surface area contributed by atoms with Crippen molar-refractivity contribution in [2.45, 2.75) is 52.5 Å². The van der Waals surface area contributed by atoms with Crippen molar-refractivity contribution in [1.29, 1.82) is 0 Å². The van der Waals surface area contributed by atoms with E-state index in [9.17, 15) is 0 Å². The maximum Gasteiger partial charge on any atom is 0.128 e. The van der Waals surface area contributed by atoms with Gasteiger partial charge in [-0.25, -0.2) is 4.98 Å². The molecule has 0 spiro atoms. The minimum absolute atomic E-state index is 0.512. The fraction of sp³-hybridized carbons (Fsp3) is 0.643. The summed E-state index contributed by atoms with van der Waals surface area (Å²) in [6.45, 7) is 6.69. The third kappa shape index (κ3) is 3.11. The molecule has 0 aliphatic heterocycles. The van der Waals surface area contributed by atoms with Gasteiger partial charge in [-0.2, -0.15) is 0 Å². The first-order valence-corrected chi connectivity index (χ1v) is 6.45. The molecule has 0 atom stereocenters. The Morgan fingerprint density at radius 1 is 1.35 bits per heavy atom. The largest absolute Gasteiger partial charge is 0.398 e. The molecule has 1 aliphatic carbocycles. The maximum absolute atomic E-state index is 5.89. The van der Waals surface area contributed by atoms with Crippen molar-refractivity contribution < 1.29 is 0 Å². The summed E-state index contributed by atoms with van der Waals surface area (Å²) in [6.07, 6.45) is 6.85. The van der Waals surface area contributed by atoms with Gasteiger partial charge in [-0.3, -0.25) is 0 Å². The molecule has 3 heteroatoms. The molecule has 3 nitrogen and oxygen atoms in total. The summed E-state index contributed by atoms with van der Waals surface area (Å²) >= 11 is 0. The third-order valence-corrected chi connectivity index (χ3v) is 3.84. The van der Waals surface area contributed by atoms with E-state index in [0.29, 0.717) is 11.5 Å². The van der Waals surface area contributed by atoms with E-state index in [-0.39, 0.29) is 0 Å². The molecule has 1 saturated carbocycles. The van der Waals surface area contributed by atoms with E-state index < -0.39 is 0 Å². The first-order valence-electron chi connectivity index (χ1n) is 6.45. The Kier molecular flexibility index (Phi) is 3.27. The molecule has 1 aromatic rings. The fourth-order valence-corrected chi connectivity index (χ4v) is 2.37. The van der Waals surface area contributed by atoms with Crippen molar-refractivity contribution >= 4 is 11.5 Å². The van der Waals surface area contributed by atoms with E-state index in [1.54, 1.807) is 0 Å². The number of nitrogen functional groups attached to an aromatic ring is 1. The molecule has 17 heavy (non-hydrogen) atoms. The predicted molar refractivity (Wildman–Crippen MR) is 73.0 cm³/mol. The molecule has 0 aromatic carbocycles. The van der Waals surface area contributed by atoms with E-state index in [1.807, 2.05) is 19.2 Å². The number of nitrogens with two attached hydrogens (primary N) is 1. The highest BCUT2D eigenvalue weighted by atomic mass is 15.0.